The summed E-state index contributed by atoms with van der Waals surface area (Å²) in [4.78, 5) is 1.90. The molecule has 0 unspecified atom stereocenters. The van der Waals surface area contributed by atoms with Crippen LogP contribution in [0.25, 0.3) is 0 Å². The lowest BCUT2D eigenvalue weighted by Gasteiger charge is -2.37. The summed E-state index contributed by atoms with van der Waals surface area (Å²) in [5.74, 6) is 0.344. The molecule has 3 N–H and O–H groups in total. The van der Waals surface area contributed by atoms with E-state index in [9.17, 15) is 0 Å². The molecular weight excluding hydrogens is 192 g/mol. The summed E-state index contributed by atoms with van der Waals surface area (Å²) in [6.45, 7) is 1.15. The molecule has 2 rings (SSSR count). The van der Waals surface area contributed by atoms with Crippen LogP contribution in [0.2, 0.25) is 5.15 Å². The molecule has 1 aliphatic heterocycles. The number of aromatic nitrogens is 2. The third kappa shape index (κ3) is 1.52. The molecule has 5 nitrogen and oxygen atoms in total. The van der Waals surface area contributed by atoms with E-state index in [1.807, 2.05) is 4.90 Å². The standard InChI is InChI=1S/C7H9ClN4O/c8-6-1-5(7(9)11-10-6)12-2-4(13)3-12/h1,4,13H,2-3H2,(H2,9,11). The zero-order valence-corrected chi connectivity index (χ0v) is 7.57. The van der Waals surface area contributed by atoms with Crippen molar-refractivity contribution in [2.75, 3.05) is 23.7 Å². The predicted molar refractivity (Wildman–Crippen MR) is 49.7 cm³/mol. The number of β-amino-alcohol motifs (C(OH)–C–C–N with tert-alkyl or cyclic N) is 1. The van der Waals surface area contributed by atoms with E-state index in [0.717, 1.165) is 5.69 Å². The number of aliphatic hydroxyl groups is 1. The topological polar surface area (TPSA) is 75.3 Å². The Labute approximate surface area is 80.1 Å². The van der Waals surface area contributed by atoms with Crippen molar-refractivity contribution in [2.24, 2.45) is 0 Å². The largest absolute Gasteiger partial charge is 0.389 e. The van der Waals surface area contributed by atoms with Gasteiger partial charge in [0.15, 0.2) is 11.0 Å². The summed E-state index contributed by atoms with van der Waals surface area (Å²) in [7, 11) is 0. The van der Waals surface area contributed by atoms with Crippen LogP contribution in [0.3, 0.4) is 0 Å². The Bertz CT molecular complexity index is 326. The van der Waals surface area contributed by atoms with E-state index in [2.05, 4.69) is 10.2 Å². The molecule has 2 heterocycles. The molecule has 1 saturated heterocycles. The van der Waals surface area contributed by atoms with E-state index in [4.69, 9.17) is 22.4 Å². The Balaban J connectivity index is 2.24. The first-order chi connectivity index (χ1) is 6.16. The number of anilines is 2. The number of hydrogen-bond acceptors (Lipinski definition) is 5. The maximum absolute atomic E-state index is 9.09. The Hall–Kier alpha value is -1.07. The maximum atomic E-state index is 9.09. The van der Waals surface area contributed by atoms with Gasteiger partial charge < -0.3 is 15.7 Å². The highest BCUT2D eigenvalue weighted by atomic mass is 35.5. The van der Waals surface area contributed by atoms with Crippen molar-refractivity contribution < 1.29 is 5.11 Å². The molecule has 1 fully saturated rings. The zero-order chi connectivity index (χ0) is 9.42. The monoisotopic (exact) mass is 200 g/mol. The number of hydrogen-bond donors (Lipinski definition) is 2. The smallest absolute Gasteiger partial charge is 0.169 e. The second-order valence-electron chi connectivity index (χ2n) is 3.00. The van der Waals surface area contributed by atoms with Gasteiger partial charge in [-0.3, -0.25) is 0 Å². The van der Waals surface area contributed by atoms with Gasteiger partial charge in [-0.1, -0.05) is 11.6 Å². The summed E-state index contributed by atoms with van der Waals surface area (Å²) < 4.78 is 0. The summed E-state index contributed by atoms with van der Waals surface area (Å²) in [6.07, 6.45) is -0.272. The molecule has 1 aliphatic rings. The molecule has 1 aromatic rings. The van der Waals surface area contributed by atoms with Gasteiger partial charge in [0.25, 0.3) is 0 Å². The lowest BCUT2D eigenvalue weighted by molar-refractivity contribution is 0.142. The van der Waals surface area contributed by atoms with Crippen molar-refractivity contribution >= 4 is 23.1 Å². The van der Waals surface area contributed by atoms with Crippen molar-refractivity contribution in [1.29, 1.82) is 0 Å². The summed E-state index contributed by atoms with van der Waals surface area (Å²) >= 11 is 5.66. The summed E-state index contributed by atoms with van der Waals surface area (Å²) in [5, 5.41) is 16.7. The maximum Gasteiger partial charge on any atom is 0.169 e. The average Bonchev–Trinajstić information content (AvgIpc) is 2.04. The van der Waals surface area contributed by atoms with Gasteiger partial charge in [-0.25, -0.2) is 0 Å². The molecule has 70 valence electrons. The third-order valence-corrected chi connectivity index (χ3v) is 2.16. The Morgan fingerprint density at radius 2 is 2.23 bits per heavy atom. The van der Waals surface area contributed by atoms with Gasteiger partial charge >= 0.3 is 0 Å². The fourth-order valence-electron chi connectivity index (χ4n) is 1.27. The molecule has 0 saturated carbocycles. The van der Waals surface area contributed by atoms with Crippen molar-refractivity contribution in [2.45, 2.75) is 6.10 Å². The highest BCUT2D eigenvalue weighted by Crippen LogP contribution is 2.26. The van der Waals surface area contributed by atoms with Crippen LogP contribution in [0, 0.1) is 0 Å². The predicted octanol–water partition coefficient (Wildman–Crippen LogP) is -0.107. The van der Waals surface area contributed by atoms with E-state index in [-0.39, 0.29) is 6.10 Å². The molecule has 0 amide bonds. The van der Waals surface area contributed by atoms with Crippen LogP contribution >= 0.6 is 11.6 Å². The first-order valence-corrected chi connectivity index (χ1v) is 4.26. The molecular formula is C7H9ClN4O. The van der Waals surface area contributed by atoms with Gasteiger partial charge in [0.1, 0.15) is 0 Å². The van der Waals surface area contributed by atoms with E-state index in [1.165, 1.54) is 0 Å². The van der Waals surface area contributed by atoms with Crippen molar-refractivity contribution in [1.82, 2.24) is 10.2 Å². The van der Waals surface area contributed by atoms with Crippen LogP contribution in [0.15, 0.2) is 6.07 Å². The van der Waals surface area contributed by atoms with Gasteiger partial charge in [0, 0.05) is 19.2 Å². The first kappa shape index (κ1) is 8.52. The second-order valence-corrected chi connectivity index (χ2v) is 3.38. The van der Waals surface area contributed by atoms with E-state index >= 15 is 0 Å². The van der Waals surface area contributed by atoms with Crippen molar-refractivity contribution in [3.8, 4) is 0 Å². The lowest BCUT2D eigenvalue weighted by Crippen LogP contribution is -2.51. The number of rotatable bonds is 1. The summed E-state index contributed by atoms with van der Waals surface area (Å²) in [5.41, 5.74) is 6.33. The Morgan fingerprint density at radius 3 is 2.85 bits per heavy atom. The highest BCUT2D eigenvalue weighted by molar-refractivity contribution is 6.29. The summed E-state index contributed by atoms with van der Waals surface area (Å²) in [6, 6.07) is 1.65. The SMILES string of the molecule is Nc1nnc(Cl)cc1N1CC(O)C1. The van der Waals surface area contributed by atoms with E-state index in [1.54, 1.807) is 6.07 Å². The number of nitrogens with two attached hydrogens (primary N) is 1. The number of aliphatic hydroxyl groups excluding tert-OH is 1. The van der Waals surface area contributed by atoms with Crippen LogP contribution in [0.1, 0.15) is 0 Å². The molecule has 0 atom stereocenters. The van der Waals surface area contributed by atoms with Crippen LogP contribution in [-0.4, -0.2) is 34.5 Å². The molecule has 13 heavy (non-hydrogen) atoms. The first-order valence-electron chi connectivity index (χ1n) is 3.88. The van der Waals surface area contributed by atoms with Crippen molar-refractivity contribution in [3.05, 3.63) is 11.2 Å². The lowest BCUT2D eigenvalue weighted by atomic mass is 10.1. The minimum atomic E-state index is -0.272. The zero-order valence-electron chi connectivity index (χ0n) is 6.81. The van der Waals surface area contributed by atoms with Crippen molar-refractivity contribution in [3.63, 3.8) is 0 Å². The molecule has 1 aromatic heterocycles. The van der Waals surface area contributed by atoms with E-state index < -0.39 is 0 Å². The molecule has 0 spiro atoms. The highest BCUT2D eigenvalue weighted by Gasteiger charge is 2.26. The van der Waals surface area contributed by atoms with Gasteiger partial charge in [0.2, 0.25) is 0 Å². The minimum absolute atomic E-state index is 0.272. The van der Waals surface area contributed by atoms with Gasteiger partial charge in [-0.15, -0.1) is 10.2 Å². The molecule has 6 heteroatoms. The second kappa shape index (κ2) is 3.01. The molecule has 0 radical (unpaired) electrons. The van der Waals surface area contributed by atoms with Crippen LogP contribution in [0.4, 0.5) is 11.5 Å². The van der Waals surface area contributed by atoms with Gasteiger partial charge in [-0.05, 0) is 0 Å². The van der Waals surface area contributed by atoms with Crippen LogP contribution in [-0.2, 0) is 0 Å². The number of halogens is 1. The minimum Gasteiger partial charge on any atom is -0.389 e. The molecule has 0 aromatic carbocycles. The third-order valence-electron chi connectivity index (χ3n) is 1.97. The molecule has 0 aliphatic carbocycles. The van der Waals surface area contributed by atoms with Crippen LogP contribution < -0.4 is 10.6 Å². The Morgan fingerprint density at radius 1 is 1.54 bits per heavy atom. The number of nitrogen functional groups attached to an aromatic ring is 1. The quantitative estimate of drug-likeness (QED) is 0.662. The van der Waals surface area contributed by atoms with Crippen LogP contribution in [0.5, 0.6) is 0 Å². The number of nitrogens with zero attached hydrogens (tertiary/aromatic N) is 3. The van der Waals surface area contributed by atoms with Gasteiger partial charge in [-0.2, -0.15) is 0 Å². The Kier molecular flexibility index (Phi) is 1.97. The van der Waals surface area contributed by atoms with E-state index in [0.29, 0.717) is 24.1 Å². The molecule has 0 bridgehead atoms. The normalized spacial score (nSPS) is 17.2. The fourth-order valence-corrected chi connectivity index (χ4v) is 1.41. The average molecular weight is 201 g/mol. The fraction of sp³-hybridized carbons (Fsp3) is 0.429. The van der Waals surface area contributed by atoms with Gasteiger partial charge in [0.05, 0.1) is 11.8 Å².